The van der Waals surface area contributed by atoms with Crippen molar-refractivity contribution in [2.24, 2.45) is 0 Å². The van der Waals surface area contributed by atoms with Gasteiger partial charge in [0, 0.05) is 22.7 Å². The molecule has 1 fully saturated rings. The van der Waals surface area contributed by atoms with Crippen molar-refractivity contribution in [3.05, 3.63) is 53.2 Å². The van der Waals surface area contributed by atoms with Gasteiger partial charge in [-0.2, -0.15) is 10.4 Å². The number of methoxy groups -OCH3 is 1. The number of nitrogens with zero attached hydrogens (tertiary/aromatic N) is 5. The number of aromatic nitrogens is 4. The summed E-state index contributed by atoms with van der Waals surface area (Å²) >= 11 is 0. The highest BCUT2D eigenvalue weighted by Gasteiger charge is 2.25. The lowest BCUT2D eigenvalue weighted by Gasteiger charge is -2.19. The van der Waals surface area contributed by atoms with E-state index in [1.807, 2.05) is 18.2 Å². The third-order valence-electron chi connectivity index (χ3n) is 5.73. The van der Waals surface area contributed by atoms with Crippen molar-refractivity contribution in [1.82, 2.24) is 19.7 Å². The van der Waals surface area contributed by atoms with Crippen LogP contribution in [0, 0.1) is 18.3 Å². The lowest BCUT2D eigenvalue weighted by molar-refractivity contribution is 0.407. The minimum absolute atomic E-state index is 0.309. The molecule has 1 saturated carbocycles. The summed E-state index contributed by atoms with van der Waals surface area (Å²) in [6.45, 7) is 2.57. The molecule has 4 rings (SSSR count). The van der Waals surface area contributed by atoms with Crippen molar-refractivity contribution in [3.8, 4) is 22.9 Å². The average molecular weight is 388 g/mol. The number of nitriles is 1. The van der Waals surface area contributed by atoms with Crippen LogP contribution in [0.25, 0.3) is 11.1 Å². The molecule has 1 aliphatic rings. The minimum Gasteiger partial charge on any atom is -0.496 e. The maximum absolute atomic E-state index is 9.80. The van der Waals surface area contributed by atoms with Gasteiger partial charge >= 0.3 is 0 Å². The first-order valence-corrected chi connectivity index (χ1v) is 9.82. The highest BCUT2D eigenvalue weighted by Crippen LogP contribution is 2.40. The summed E-state index contributed by atoms with van der Waals surface area (Å²) in [6, 6.07) is 8.21. The molecule has 0 atom stereocenters. The molecule has 1 aliphatic carbocycles. The number of hydrogen-bond donors (Lipinski definition) is 1. The summed E-state index contributed by atoms with van der Waals surface area (Å²) < 4.78 is 7.28. The largest absolute Gasteiger partial charge is 0.496 e. The number of ether oxygens (including phenoxy) is 1. The third-order valence-corrected chi connectivity index (χ3v) is 5.73. The highest BCUT2D eigenvalue weighted by atomic mass is 16.5. The summed E-state index contributed by atoms with van der Waals surface area (Å²) in [6.07, 6.45) is 7.85. The molecule has 0 bridgehead atoms. The number of anilines is 1. The molecule has 2 N–H and O–H groups in total. The van der Waals surface area contributed by atoms with Gasteiger partial charge in [-0.1, -0.05) is 18.9 Å². The summed E-state index contributed by atoms with van der Waals surface area (Å²) in [5.74, 6) is 1.48. The topological polar surface area (TPSA) is 103 Å². The molecule has 7 heteroatoms. The number of nitrogen functional groups attached to an aromatic ring is 1. The van der Waals surface area contributed by atoms with E-state index in [1.54, 1.807) is 18.1 Å². The molecular weight excluding hydrogens is 364 g/mol. The predicted octanol–water partition coefficient (Wildman–Crippen LogP) is 3.82. The predicted molar refractivity (Wildman–Crippen MR) is 110 cm³/mol. The number of rotatable bonds is 5. The molecule has 1 aromatic carbocycles. The Labute approximate surface area is 170 Å². The Morgan fingerprint density at radius 3 is 2.76 bits per heavy atom. The van der Waals surface area contributed by atoms with Gasteiger partial charge in [0.2, 0.25) is 0 Å². The van der Waals surface area contributed by atoms with Crippen molar-refractivity contribution in [2.45, 2.75) is 45.1 Å². The second-order valence-corrected chi connectivity index (χ2v) is 7.47. The van der Waals surface area contributed by atoms with Gasteiger partial charge in [0.15, 0.2) is 0 Å². The molecule has 2 aromatic heterocycles. The van der Waals surface area contributed by atoms with Crippen LogP contribution >= 0.6 is 0 Å². The standard InChI is InChI=1S/C22H24N6O/c1-14-20(18(10-23)22(24)27-21(14)15-5-3-4-6-15)16-7-8-19(29-2)17(9-16)11-28-13-25-12-26-28/h7-9,12-13,15H,3-6,11H2,1-2H3,(H2,24,27). The maximum atomic E-state index is 9.80. The molecule has 0 spiro atoms. The SMILES string of the molecule is COc1ccc(-c2c(C)c(C3CCCC3)nc(N)c2C#N)cc1Cn1cncn1. The average Bonchev–Trinajstić information content (AvgIpc) is 3.43. The second-order valence-electron chi connectivity index (χ2n) is 7.47. The smallest absolute Gasteiger partial charge is 0.142 e. The molecule has 3 aromatic rings. The van der Waals surface area contributed by atoms with E-state index in [9.17, 15) is 5.26 Å². The molecule has 29 heavy (non-hydrogen) atoms. The van der Waals surface area contributed by atoms with Crippen molar-refractivity contribution in [2.75, 3.05) is 12.8 Å². The summed E-state index contributed by atoms with van der Waals surface area (Å²) in [4.78, 5) is 8.64. The van der Waals surface area contributed by atoms with E-state index in [0.29, 0.717) is 23.8 Å². The monoisotopic (exact) mass is 388 g/mol. The molecular formula is C22H24N6O. The van der Waals surface area contributed by atoms with Crippen LogP contribution in [0.3, 0.4) is 0 Å². The molecule has 7 nitrogen and oxygen atoms in total. The van der Waals surface area contributed by atoms with E-state index in [4.69, 9.17) is 10.5 Å². The quantitative estimate of drug-likeness (QED) is 0.713. The fourth-order valence-corrected chi connectivity index (χ4v) is 4.33. The minimum atomic E-state index is 0.309. The zero-order chi connectivity index (χ0) is 20.4. The Bertz CT molecular complexity index is 1060. The Morgan fingerprint density at radius 2 is 2.10 bits per heavy atom. The third kappa shape index (κ3) is 3.54. The highest BCUT2D eigenvalue weighted by molar-refractivity contribution is 5.80. The molecule has 2 heterocycles. The Morgan fingerprint density at radius 1 is 1.31 bits per heavy atom. The van der Waals surface area contributed by atoms with Crippen LogP contribution in [-0.2, 0) is 6.54 Å². The Hall–Kier alpha value is -3.40. The van der Waals surface area contributed by atoms with Crippen LogP contribution in [0.1, 0.15) is 54.0 Å². The van der Waals surface area contributed by atoms with E-state index in [-0.39, 0.29) is 0 Å². The molecule has 148 valence electrons. The summed E-state index contributed by atoms with van der Waals surface area (Å²) in [7, 11) is 1.65. The van der Waals surface area contributed by atoms with Crippen molar-refractivity contribution >= 4 is 5.82 Å². The van der Waals surface area contributed by atoms with Gasteiger partial charge in [-0.3, -0.25) is 0 Å². The van der Waals surface area contributed by atoms with Gasteiger partial charge in [0.25, 0.3) is 0 Å². The first-order valence-electron chi connectivity index (χ1n) is 9.82. The number of hydrogen-bond acceptors (Lipinski definition) is 6. The van der Waals surface area contributed by atoms with Crippen LogP contribution in [0.5, 0.6) is 5.75 Å². The Kier molecular flexibility index (Phi) is 5.17. The van der Waals surface area contributed by atoms with Crippen molar-refractivity contribution in [1.29, 1.82) is 5.26 Å². The van der Waals surface area contributed by atoms with Gasteiger partial charge in [0.05, 0.1) is 13.7 Å². The van der Waals surface area contributed by atoms with Gasteiger partial charge in [0.1, 0.15) is 35.9 Å². The molecule has 0 amide bonds. The zero-order valence-electron chi connectivity index (χ0n) is 16.7. The maximum Gasteiger partial charge on any atom is 0.142 e. The van der Waals surface area contributed by atoms with Crippen LogP contribution in [0.2, 0.25) is 0 Å². The lowest BCUT2D eigenvalue weighted by Crippen LogP contribution is -2.09. The molecule has 0 saturated heterocycles. The van der Waals surface area contributed by atoms with Crippen molar-refractivity contribution < 1.29 is 4.74 Å². The first-order chi connectivity index (χ1) is 14.1. The van der Waals surface area contributed by atoms with Crippen LogP contribution < -0.4 is 10.5 Å². The van der Waals surface area contributed by atoms with Crippen LogP contribution in [-0.4, -0.2) is 26.9 Å². The van der Waals surface area contributed by atoms with Gasteiger partial charge in [-0.05, 0) is 43.0 Å². The summed E-state index contributed by atoms with van der Waals surface area (Å²) in [5.41, 5.74) is 11.5. The van der Waals surface area contributed by atoms with Gasteiger partial charge in [-0.15, -0.1) is 0 Å². The van der Waals surface area contributed by atoms with E-state index in [0.717, 1.165) is 46.5 Å². The fraction of sp³-hybridized carbons (Fsp3) is 0.364. The number of nitrogens with two attached hydrogens (primary N) is 1. The van der Waals surface area contributed by atoms with Crippen LogP contribution in [0.15, 0.2) is 30.9 Å². The second kappa shape index (κ2) is 7.92. The first kappa shape index (κ1) is 18.9. The molecule has 0 radical (unpaired) electrons. The van der Waals surface area contributed by atoms with E-state index in [2.05, 4.69) is 28.1 Å². The van der Waals surface area contributed by atoms with E-state index < -0.39 is 0 Å². The molecule has 0 aliphatic heterocycles. The van der Waals surface area contributed by atoms with Crippen molar-refractivity contribution in [3.63, 3.8) is 0 Å². The van der Waals surface area contributed by atoms with Crippen LogP contribution in [0.4, 0.5) is 5.82 Å². The normalized spacial score (nSPS) is 14.1. The molecule has 0 unspecified atom stereocenters. The lowest BCUT2D eigenvalue weighted by atomic mass is 9.89. The zero-order valence-corrected chi connectivity index (χ0v) is 16.7. The number of benzene rings is 1. The van der Waals surface area contributed by atoms with Gasteiger partial charge in [-0.25, -0.2) is 14.6 Å². The van der Waals surface area contributed by atoms with E-state index in [1.165, 1.54) is 19.2 Å². The van der Waals surface area contributed by atoms with Gasteiger partial charge < -0.3 is 10.5 Å². The number of pyridine rings is 1. The van der Waals surface area contributed by atoms with E-state index >= 15 is 0 Å². The fourth-order valence-electron chi connectivity index (χ4n) is 4.33. The summed E-state index contributed by atoms with van der Waals surface area (Å²) in [5, 5.41) is 14.0. The Balaban J connectivity index is 1.86.